The van der Waals surface area contributed by atoms with Crippen LogP contribution in [0.3, 0.4) is 0 Å². The Morgan fingerprint density at radius 3 is 2.82 bits per heavy atom. The number of thiophene rings is 1. The van der Waals surface area contributed by atoms with Crippen LogP contribution in [0, 0.1) is 0 Å². The van der Waals surface area contributed by atoms with Gasteiger partial charge in [-0.3, -0.25) is 4.79 Å². The zero-order valence-corrected chi connectivity index (χ0v) is 13.4. The fourth-order valence-electron chi connectivity index (χ4n) is 2.15. The Labute approximate surface area is 122 Å². The quantitative estimate of drug-likeness (QED) is 0.811. The van der Waals surface area contributed by atoms with Crippen LogP contribution in [0.4, 0.5) is 0 Å². The number of rotatable bonds is 1. The lowest BCUT2D eigenvalue weighted by Crippen LogP contribution is -2.48. The Kier molecular flexibility index (Phi) is 4.28. The fraction of sp³-hybridized carbons (Fsp3) is 0.545. The van der Waals surface area contributed by atoms with Gasteiger partial charge in [-0.05, 0) is 57.7 Å². The average Bonchev–Trinajstić information content (AvgIpc) is 2.57. The minimum atomic E-state index is 0.0956. The molecule has 17 heavy (non-hydrogen) atoms. The summed E-state index contributed by atoms with van der Waals surface area (Å²) in [7, 11) is 0. The standard InChI is InChI=1S/C11H14Br2N2OS/c1-6-4-7(14)2-3-15(6)11(16)8-5-9(12)17-10(8)13/h5-7H,2-4,14H2,1H3. The van der Waals surface area contributed by atoms with E-state index in [2.05, 4.69) is 38.8 Å². The molecule has 1 aromatic rings. The normalized spacial score (nSPS) is 25.1. The Morgan fingerprint density at radius 2 is 2.29 bits per heavy atom. The van der Waals surface area contributed by atoms with Crippen LogP contribution in [0.1, 0.15) is 30.1 Å². The first kappa shape index (κ1) is 13.5. The summed E-state index contributed by atoms with van der Waals surface area (Å²) in [5, 5.41) is 0. The molecule has 0 aromatic carbocycles. The van der Waals surface area contributed by atoms with E-state index in [1.807, 2.05) is 11.0 Å². The number of piperidine rings is 1. The summed E-state index contributed by atoms with van der Waals surface area (Å²) in [6.45, 7) is 2.81. The molecule has 2 atom stereocenters. The molecule has 0 saturated carbocycles. The van der Waals surface area contributed by atoms with Crippen molar-refractivity contribution in [2.24, 2.45) is 5.73 Å². The van der Waals surface area contributed by atoms with Crippen LogP contribution in [-0.2, 0) is 0 Å². The lowest BCUT2D eigenvalue weighted by atomic mass is 9.98. The number of hydrogen-bond acceptors (Lipinski definition) is 3. The maximum absolute atomic E-state index is 12.4. The Balaban J connectivity index is 2.17. The van der Waals surface area contributed by atoms with Crippen LogP contribution in [0.15, 0.2) is 13.6 Å². The van der Waals surface area contributed by atoms with Crippen molar-refractivity contribution in [1.29, 1.82) is 0 Å². The zero-order chi connectivity index (χ0) is 12.6. The van der Waals surface area contributed by atoms with Crippen LogP contribution in [0.25, 0.3) is 0 Å². The summed E-state index contributed by atoms with van der Waals surface area (Å²) in [5.41, 5.74) is 6.65. The second-order valence-corrected chi connectivity index (χ2v) is 8.12. The summed E-state index contributed by atoms with van der Waals surface area (Å²) in [5.74, 6) is 0.0956. The first-order valence-corrected chi connectivity index (χ1v) is 7.90. The third-order valence-electron chi connectivity index (χ3n) is 3.06. The zero-order valence-electron chi connectivity index (χ0n) is 9.45. The lowest BCUT2D eigenvalue weighted by Gasteiger charge is -2.36. The maximum Gasteiger partial charge on any atom is 0.256 e. The van der Waals surface area contributed by atoms with E-state index in [0.29, 0.717) is 0 Å². The maximum atomic E-state index is 12.4. The van der Waals surface area contributed by atoms with Crippen molar-refractivity contribution < 1.29 is 4.79 Å². The molecule has 3 nitrogen and oxygen atoms in total. The summed E-state index contributed by atoms with van der Waals surface area (Å²) >= 11 is 8.35. The van der Waals surface area contributed by atoms with E-state index >= 15 is 0 Å². The van der Waals surface area contributed by atoms with E-state index in [1.165, 1.54) is 11.3 Å². The van der Waals surface area contributed by atoms with Crippen molar-refractivity contribution in [3.8, 4) is 0 Å². The Bertz CT molecular complexity index is 435. The number of hydrogen-bond donors (Lipinski definition) is 1. The molecule has 6 heteroatoms. The van der Waals surface area contributed by atoms with Gasteiger partial charge < -0.3 is 10.6 Å². The van der Waals surface area contributed by atoms with E-state index in [-0.39, 0.29) is 18.0 Å². The number of nitrogens with zero attached hydrogens (tertiary/aromatic N) is 1. The molecule has 2 heterocycles. The van der Waals surface area contributed by atoms with E-state index in [4.69, 9.17) is 5.73 Å². The van der Waals surface area contributed by atoms with Gasteiger partial charge in [-0.2, -0.15) is 0 Å². The molecule has 0 spiro atoms. The molecule has 0 radical (unpaired) electrons. The highest BCUT2D eigenvalue weighted by Crippen LogP contribution is 2.33. The van der Waals surface area contributed by atoms with Crippen LogP contribution >= 0.6 is 43.2 Å². The molecular formula is C11H14Br2N2OS. The topological polar surface area (TPSA) is 46.3 Å². The minimum Gasteiger partial charge on any atom is -0.336 e. The van der Waals surface area contributed by atoms with Crippen molar-refractivity contribution in [1.82, 2.24) is 4.90 Å². The van der Waals surface area contributed by atoms with Gasteiger partial charge in [0.1, 0.15) is 0 Å². The molecule has 1 fully saturated rings. The first-order valence-electron chi connectivity index (χ1n) is 5.50. The van der Waals surface area contributed by atoms with Crippen LogP contribution in [0.5, 0.6) is 0 Å². The minimum absolute atomic E-state index is 0.0956. The Hall–Kier alpha value is 0.0900. The molecule has 0 aliphatic carbocycles. The smallest absolute Gasteiger partial charge is 0.256 e. The third-order valence-corrected chi connectivity index (χ3v) is 5.40. The fourth-order valence-corrected chi connectivity index (χ4v) is 4.93. The summed E-state index contributed by atoms with van der Waals surface area (Å²) < 4.78 is 1.85. The van der Waals surface area contributed by atoms with Crippen LogP contribution in [0.2, 0.25) is 0 Å². The molecule has 2 rings (SSSR count). The number of nitrogens with two attached hydrogens (primary N) is 1. The molecule has 94 valence electrons. The van der Waals surface area contributed by atoms with Crippen LogP contribution < -0.4 is 5.73 Å². The summed E-state index contributed by atoms with van der Waals surface area (Å²) in [6, 6.07) is 2.32. The SMILES string of the molecule is CC1CC(N)CCN1C(=O)c1cc(Br)sc1Br. The number of likely N-dealkylation sites (tertiary alicyclic amines) is 1. The third kappa shape index (κ3) is 2.92. The van der Waals surface area contributed by atoms with Crippen molar-refractivity contribution in [2.45, 2.75) is 31.8 Å². The second kappa shape index (κ2) is 5.38. The number of halogens is 2. The predicted octanol–water partition coefficient (Wildman–Crippen LogP) is 3.22. The van der Waals surface area contributed by atoms with Crippen molar-refractivity contribution in [3.63, 3.8) is 0 Å². The highest BCUT2D eigenvalue weighted by Gasteiger charge is 2.29. The van der Waals surface area contributed by atoms with Gasteiger partial charge in [-0.1, -0.05) is 0 Å². The summed E-state index contributed by atoms with van der Waals surface area (Å²) in [6.07, 6.45) is 1.77. The number of amides is 1. The van der Waals surface area contributed by atoms with Gasteiger partial charge in [0.25, 0.3) is 5.91 Å². The van der Waals surface area contributed by atoms with Gasteiger partial charge >= 0.3 is 0 Å². The average molecular weight is 382 g/mol. The van der Waals surface area contributed by atoms with E-state index in [0.717, 1.165) is 32.5 Å². The molecule has 1 amide bonds. The molecule has 1 aliphatic rings. The van der Waals surface area contributed by atoms with Crippen molar-refractivity contribution in [3.05, 3.63) is 19.2 Å². The molecule has 0 bridgehead atoms. The number of carbonyl (C=O) groups is 1. The van der Waals surface area contributed by atoms with Crippen molar-refractivity contribution in [2.75, 3.05) is 6.54 Å². The van der Waals surface area contributed by atoms with E-state index in [9.17, 15) is 4.79 Å². The number of carbonyl (C=O) groups excluding carboxylic acids is 1. The second-order valence-electron chi connectivity index (χ2n) is 4.37. The molecule has 1 saturated heterocycles. The molecular weight excluding hydrogens is 368 g/mol. The highest BCUT2D eigenvalue weighted by atomic mass is 79.9. The van der Waals surface area contributed by atoms with Gasteiger partial charge in [0.2, 0.25) is 0 Å². The molecule has 2 N–H and O–H groups in total. The van der Waals surface area contributed by atoms with Gasteiger partial charge in [0.05, 0.1) is 13.1 Å². The summed E-state index contributed by atoms with van der Waals surface area (Å²) in [4.78, 5) is 14.3. The van der Waals surface area contributed by atoms with Crippen molar-refractivity contribution >= 4 is 49.1 Å². The van der Waals surface area contributed by atoms with E-state index < -0.39 is 0 Å². The van der Waals surface area contributed by atoms with Crippen LogP contribution in [-0.4, -0.2) is 29.4 Å². The first-order chi connectivity index (χ1) is 7.99. The Morgan fingerprint density at radius 1 is 1.59 bits per heavy atom. The predicted molar refractivity (Wildman–Crippen MR) is 77.4 cm³/mol. The van der Waals surface area contributed by atoms with Gasteiger partial charge in [-0.25, -0.2) is 0 Å². The van der Waals surface area contributed by atoms with Gasteiger partial charge in [0.15, 0.2) is 0 Å². The molecule has 1 aromatic heterocycles. The monoisotopic (exact) mass is 380 g/mol. The van der Waals surface area contributed by atoms with Gasteiger partial charge in [0, 0.05) is 18.6 Å². The van der Waals surface area contributed by atoms with Gasteiger partial charge in [-0.15, -0.1) is 11.3 Å². The molecule has 2 unspecified atom stereocenters. The van der Waals surface area contributed by atoms with E-state index in [1.54, 1.807) is 0 Å². The lowest BCUT2D eigenvalue weighted by molar-refractivity contribution is 0.0618. The highest BCUT2D eigenvalue weighted by molar-refractivity contribution is 9.12. The largest absolute Gasteiger partial charge is 0.336 e. The molecule has 1 aliphatic heterocycles.